The summed E-state index contributed by atoms with van der Waals surface area (Å²) < 4.78 is 5.37. The maximum atomic E-state index is 12.7. The minimum atomic E-state index is -0.991. The molecule has 2 aromatic carbocycles. The lowest BCUT2D eigenvalue weighted by Gasteiger charge is -2.22. The first-order chi connectivity index (χ1) is 12.0. The van der Waals surface area contributed by atoms with Gasteiger partial charge in [0.1, 0.15) is 5.75 Å². The fourth-order valence-electron chi connectivity index (χ4n) is 2.71. The number of carboxylic acids is 1. The van der Waals surface area contributed by atoms with E-state index in [1.165, 1.54) is 0 Å². The Morgan fingerprint density at radius 3 is 2.28 bits per heavy atom. The van der Waals surface area contributed by atoms with Gasteiger partial charge in [-0.05, 0) is 42.7 Å². The molecule has 0 aromatic heterocycles. The van der Waals surface area contributed by atoms with Gasteiger partial charge >= 0.3 is 5.97 Å². The Bertz CT molecular complexity index is 697. The smallest absolute Gasteiger partial charge is 0.304 e. The van der Waals surface area contributed by atoms with Crippen LogP contribution in [0.2, 0.25) is 0 Å². The second-order valence-corrected chi connectivity index (χ2v) is 5.85. The van der Waals surface area contributed by atoms with Crippen molar-refractivity contribution in [1.29, 1.82) is 0 Å². The van der Waals surface area contributed by atoms with Crippen LogP contribution in [0.3, 0.4) is 0 Å². The zero-order chi connectivity index (χ0) is 18.2. The second-order valence-electron chi connectivity index (χ2n) is 5.85. The Balaban J connectivity index is 2.13. The summed E-state index contributed by atoms with van der Waals surface area (Å²) in [6.45, 7) is 4.35. The first-order valence-electron chi connectivity index (χ1n) is 8.31. The number of nitrogens with one attached hydrogen (secondary N) is 1. The van der Waals surface area contributed by atoms with Crippen LogP contribution in [0.5, 0.6) is 5.75 Å². The lowest BCUT2D eigenvalue weighted by Crippen LogP contribution is -2.29. The van der Waals surface area contributed by atoms with Crippen LogP contribution in [-0.4, -0.2) is 23.6 Å². The average molecular weight is 341 g/mol. The summed E-state index contributed by atoms with van der Waals surface area (Å²) in [6, 6.07) is 16.5. The molecule has 5 nitrogen and oxygen atoms in total. The lowest BCUT2D eigenvalue weighted by molar-refractivity contribution is -0.140. The molecule has 0 radical (unpaired) electrons. The van der Waals surface area contributed by atoms with Crippen LogP contribution in [0.1, 0.15) is 31.7 Å². The molecule has 0 heterocycles. The number of carbonyl (C=O) groups excluding carboxylic acids is 1. The highest BCUT2D eigenvalue weighted by atomic mass is 16.5. The number of hydrogen-bond donors (Lipinski definition) is 2. The molecule has 2 N–H and O–H groups in total. The molecule has 2 rings (SSSR count). The third kappa shape index (κ3) is 5.35. The van der Waals surface area contributed by atoms with E-state index in [1.54, 1.807) is 24.3 Å². The number of ether oxygens (including phenoxy) is 1. The van der Waals surface area contributed by atoms with Gasteiger partial charge in [-0.15, -0.1) is 0 Å². The Morgan fingerprint density at radius 1 is 1.08 bits per heavy atom. The third-order valence-corrected chi connectivity index (χ3v) is 4.09. The molecular formula is C20H23NO4. The fourth-order valence-corrected chi connectivity index (χ4v) is 2.71. The second kappa shape index (κ2) is 8.87. The number of carbonyl (C=O) groups is 2. The molecule has 1 amide bonds. The lowest BCUT2D eigenvalue weighted by atomic mass is 9.84. The van der Waals surface area contributed by atoms with Gasteiger partial charge in [0.05, 0.1) is 18.9 Å². The summed E-state index contributed by atoms with van der Waals surface area (Å²) in [5.41, 5.74) is 1.56. The van der Waals surface area contributed by atoms with Gasteiger partial charge in [0, 0.05) is 5.69 Å². The molecule has 0 bridgehead atoms. The van der Waals surface area contributed by atoms with Gasteiger partial charge in [-0.25, -0.2) is 0 Å². The van der Waals surface area contributed by atoms with E-state index < -0.39 is 11.9 Å². The quantitative estimate of drug-likeness (QED) is 0.763. The number of amides is 1. The van der Waals surface area contributed by atoms with Gasteiger partial charge in [0.15, 0.2) is 0 Å². The number of aliphatic carboxylic acids is 1. The standard InChI is InChI=1S/C20H23NO4/c1-3-25-17-11-9-16(10-12-17)21-20(24)18(13-19(22)23)14(2)15-7-5-4-6-8-15/h4-12,14,18H,3,13H2,1-2H3,(H,21,24)(H,22,23)/t14-,18-/m1/s1. The molecule has 0 spiro atoms. The first-order valence-corrected chi connectivity index (χ1v) is 8.31. The summed E-state index contributed by atoms with van der Waals surface area (Å²) in [4.78, 5) is 23.9. The van der Waals surface area contributed by atoms with Crippen molar-refractivity contribution in [3.05, 3.63) is 60.2 Å². The van der Waals surface area contributed by atoms with Gasteiger partial charge in [-0.2, -0.15) is 0 Å². The van der Waals surface area contributed by atoms with Crippen molar-refractivity contribution in [3.8, 4) is 5.75 Å². The van der Waals surface area contributed by atoms with E-state index >= 15 is 0 Å². The Hall–Kier alpha value is -2.82. The van der Waals surface area contributed by atoms with Crippen molar-refractivity contribution in [2.24, 2.45) is 5.92 Å². The first kappa shape index (κ1) is 18.5. The number of rotatable bonds is 8. The van der Waals surface area contributed by atoms with Crippen LogP contribution in [0.15, 0.2) is 54.6 Å². The summed E-state index contributed by atoms with van der Waals surface area (Å²) in [7, 11) is 0. The average Bonchev–Trinajstić information content (AvgIpc) is 2.61. The Kier molecular flexibility index (Phi) is 6.57. The van der Waals surface area contributed by atoms with Crippen LogP contribution in [-0.2, 0) is 9.59 Å². The minimum absolute atomic E-state index is 0.208. The van der Waals surface area contributed by atoms with E-state index in [0.717, 1.165) is 11.3 Å². The van der Waals surface area contributed by atoms with E-state index in [0.29, 0.717) is 12.3 Å². The Morgan fingerprint density at radius 2 is 1.72 bits per heavy atom. The molecule has 132 valence electrons. The molecule has 2 aromatic rings. The normalized spacial score (nSPS) is 12.9. The van der Waals surface area contributed by atoms with Crippen molar-refractivity contribution in [1.82, 2.24) is 0 Å². The summed E-state index contributed by atoms with van der Waals surface area (Å²) in [6.07, 6.45) is -0.223. The Labute approximate surface area is 147 Å². The predicted octanol–water partition coefficient (Wildman–Crippen LogP) is 3.92. The SMILES string of the molecule is CCOc1ccc(NC(=O)[C@H](CC(=O)O)[C@H](C)c2ccccc2)cc1. The third-order valence-electron chi connectivity index (χ3n) is 4.09. The maximum absolute atomic E-state index is 12.7. The van der Waals surface area contributed by atoms with Gasteiger partial charge in [-0.1, -0.05) is 37.3 Å². The van der Waals surface area contributed by atoms with Crippen molar-refractivity contribution in [2.75, 3.05) is 11.9 Å². The molecule has 5 heteroatoms. The van der Waals surface area contributed by atoms with Crippen LogP contribution in [0, 0.1) is 5.92 Å². The van der Waals surface area contributed by atoms with E-state index in [1.807, 2.05) is 44.2 Å². The van der Waals surface area contributed by atoms with Gasteiger partial charge in [0.2, 0.25) is 5.91 Å². The highest BCUT2D eigenvalue weighted by molar-refractivity contribution is 5.95. The number of hydrogen-bond acceptors (Lipinski definition) is 3. The van der Waals surface area contributed by atoms with Crippen molar-refractivity contribution in [2.45, 2.75) is 26.2 Å². The van der Waals surface area contributed by atoms with Crippen molar-refractivity contribution >= 4 is 17.6 Å². The molecule has 0 saturated heterocycles. The molecule has 25 heavy (non-hydrogen) atoms. The monoisotopic (exact) mass is 341 g/mol. The molecule has 0 unspecified atom stereocenters. The topological polar surface area (TPSA) is 75.6 Å². The van der Waals surface area contributed by atoms with Gasteiger partial charge in [0.25, 0.3) is 0 Å². The molecule has 0 aliphatic carbocycles. The van der Waals surface area contributed by atoms with Crippen molar-refractivity contribution in [3.63, 3.8) is 0 Å². The van der Waals surface area contributed by atoms with Gasteiger partial charge in [-0.3, -0.25) is 9.59 Å². The summed E-state index contributed by atoms with van der Waals surface area (Å²) in [5.74, 6) is -1.44. The molecular weight excluding hydrogens is 318 g/mol. The summed E-state index contributed by atoms with van der Waals surface area (Å²) >= 11 is 0. The van der Waals surface area contributed by atoms with Crippen LogP contribution >= 0.6 is 0 Å². The molecule has 2 atom stereocenters. The number of carboxylic acid groups (broad SMARTS) is 1. The van der Waals surface area contributed by atoms with Crippen molar-refractivity contribution < 1.29 is 19.4 Å². The highest BCUT2D eigenvalue weighted by Gasteiger charge is 2.28. The number of benzene rings is 2. The maximum Gasteiger partial charge on any atom is 0.304 e. The molecule has 0 aliphatic heterocycles. The zero-order valence-electron chi connectivity index (χ0n) is 14.4. The number of anilines is 1. The highest BCUT2D eigenvalue weighted by Crippen LogP contribution is 2.28. The fraction of sp³-hybridized carbons (Fsp3) is 0.300. The predicted molar refractivity (Wildman–Crippen MR) is 96.8 cm³/mol. The largest absolute Gasteiger partial charge is 0.494 e. The molecule has 0 fully saturated rings. The summed E-state index contributed by atoms with van der Waals surface area (Å²) in [5, 5.41) is 12.0. The molecule has 0 saturated carbocycles. The van der Waals surface area contributed by atoms with Crippen LogP contribution < -0.4 is 10.1 Å². The minimum Gasteiger partial charge on any atom is -0.494 e. The van der Waals surface area contributed by atoms with E-state index in [2.05, 4.69) is 5.32 Å². The van der Waals surface area contributed by atoms with Crippen LogP contribution in [0.25, 0.3) is 0 Å². The van der Waals surface area contributed by atoms with E-state index in [4.69, 9.17) is 4.74 Å². The van der Waals surface area contributed by atoms with Crippen LogP contribution in [0.4, 0.5) is 5.69 Å². The van der Waals surface area contributed by atoms with E-state index in [9.17, 15) is 14.7 Å². The molecule has 0 aliphatic rings. The van der Waals surface area contributed by atoms with Gasteiger partial charge < -0.3 is 15.2 Å². The van der Waals surface area contributed by atoms with E-state index in [-0.39, 0.29) is 18.2 Å². The zero-order valence-corrected chi connectivity index (χ0v) is 14.4.